The molecule has 0 spiro atoms. The molecule has 3 rings (SSSR count). The van der Waals surface area contributed by atoms with Crippen molar-refractivity contribution in [3.63, 3.8) is 0 Å². The number of carbonyl (C=O) groups is 1. The Hall–Kier alpha value is -3.14. The van der Waals surface area contributed by atoms with Crippen LogP contribution in [0, 0.1) is 0 Å². The van der Waals surface area contributed by atoms with Crippen molar-refractivity contribution in [3.05, 3.63) is 71.9 Å². The first kappa shape index (κ1) is 17.7. The van der Waals surface area contributed by atoms with Crippen molar-refractivity contribution in [3.8, 4) is 5.75 Å². The molecule has 3 aromatic rings. The highest BCUT2D eigenvalue weighted by atomic mass is 16.5. The van der Waals surface area contributed by atoms with E-state index in [4.69, 9.17) is 9.84 Å². The molecule has 26 heavy (non-hydrogen) atoms. The lowest BCUT2D eigenvalue weighted by Gasteiger charge is -2.08. The normalized spacial score (nSPS) is 11.5. The summed E-state index contributed by atoms with van der Waals surface area (Å²) >= 11 is 0. The molecule has 0 saturated heterocycles. The number of hydrogen-bond donors (Lipinski definition) is 1. The zero-order valence-electron chi connectivity index (χ0n) is 14.7. The van der Waals surface area contributed by atoms with Crippen LogP contribution >= 0.6 is 0 Å². The molecule has 0 saturated carbocycles. The number of hydrogen-bond acceptors (Lipinski definition) is 3. The van der Waals surface area contributed by atoms with Crippen molar-refractivity contribution in [1.29, 1.82) is 0 Å². The largest absolute Gasteiger partial charge is 0.494 e. The Morgan fingerprint density at radius 2 is 1.96 bits per heavy atom. The van der Waals surface area contributed by atoms with E-state index < -0.39 is 5.97 Å². The number of aromatic nitrogens is 1. The summed E-state index contributed by atoms with van der Waals surface area (Å²) in [5.41, 5.74) is 4.03. The average Bonchev–Trinajstić information content (AvgIpc) is 2.65. The first-order valence-corrected chi connectivity index (χ1v) is 8.61. The van der Waals surface area contributed by atoms with Gasteiger partial charge in [-0.25, -0.2) is 4.98 Å². The number of carboxylic acids is 1. The monoisotopic (exact) mass is 347 g/mol. The third-order valence-corrected chi connectivity index (χ3v) is 4.08. The highest BCUT2D eigenvalue weighted by molar-refractivity contribution is 5.84. The number of pyridine rings is 1. The van der Waals surface area contributed by atoms with Crippen LogP contribution in [0.1, 0.15) is 31.0 Å². The zero-order chi connectivity index (χ0) is 18.4. The molecule has 0 radical (unpaired) electrons. The molecule has 4 heteroatoms. The highest BCUT2D eigenvalue weighted by Gasteiger charge is 2.02. The summed E-state index contributed by atoms with van der Waals surface area (Å²) in [6.07, 6.45) is 2.66. The molecule has 1 N–H and O–H groups in total. The van der Waals surface area contributed by atoms with E-state index in [1.807, 2.05) is 61.5 Å². The number of carboxylic acid groups (broad SMARTS) is 1. The fraction of sp³-hybridized carbons (Fsp3) is 0.182. The number of aliphatic carboxylic acids is 1. The average molecular weight is 347 g/mol. The number of allylic oxidation sites excluding steroid dienone is 1. The molecule has 0 aliphatic carbocycles. The molecule has 0 fully saturated rings. The van der Waals surface area contributed by atoms with Gasteiger partial charge in [-0.15, -0.1) is 0 Å². The molecular formula is C22H21NO3. The van der Waals surface area contributed by atoms with Gasteiger partial charge in [0, 0.05) is 11.8 Å². The summed E-state index contributed by atoms with van der Waals surface area (Å²) in [6.45, 7) is 2.44. The second-order valence-electron chi connectivity index (χ2n) is 6.13. The van der Waals surface area contributed by atoms with E-state index in [2.05, 4.69) is 17.1 Å². The number of benzene rings is 2. The lowest BCUT2D eigenvalue weighted by Crippen LogP contribution is -2.02. The Bertz CT molecular complexity index is 947. The Balaban J connectivity index is 1.73. The Kier molecular flexibility index (Phi) is 5.64. The van der Waals surface area contributed by atoms with E-state index in [0.717, 1.165) is 33.5 Å². The van der Waals surface area contributed by atoms with Gasteiger partial charge in [-0.05, 0) is 54.8 Å². The van der Waals surface area contributed by atoms with E-state index >= 15 is 0 Å². The molecule has 2 aromatic carbocycles. The van der Waals surface area contributed by atoms with Gasteiger partial charge in [0.05, 0.1) is 17.8 Å². The number of nitrogens with zero attached hydrogens (tertiary/aromatic N) is 1. The second kappa shape index (κ2) is 8.30. The van der Waals surface area contributed by atoms with Crippen LogP contribution in [0.25, 0.3) is 22.6 Å². The van der Waals surface area contributed by atoms with Gasteiger partial charge in [-0.3, -0.25) is 4.79 Å². The molecule has 0 aliphatic heterocycles. The van der Waals surface area contributed by atoms with E-state index in [1.165, 1.54) is 0 Å². The van der Waals surface area contributed by atoms with E-state index in [-0.39, 0.29) is 6.42 Å². The van der Waals surface area contributed by atoms with Crippen molar-refractivity contribution in [2.24, 2.45) is 0 Å². The second-order valence-corrected chi connectivity index (χ2v) is 6.13. The fourth-order valence-corrected chi connectivity index (χ4v) is 2.71. The predicted octanol–water partition coefficient (Wildman–Crippen LogP) is 5.04. The quantitative estimate of drug-likeness (QED) is 0.608. The minimum atomic E-state index is -0.802. The molecular weight excluding hydrogens is 326 g/mol. The van der Waals surface area contributed by atoms with Crippen LogP contribution in [0.15, 0.2) is 60.7 Å². The van der Waals surface area contributed by atoms with Crippen molar-refractivity contribution in [1.82, 2.24) is 4.98 Å². The van der Waals surface area contributed by atoms with Gasteiger partial charge in [-0.1, -0.05) is 36.4 Å². The minimum absolute atomic E-state index is 0.117. The molecule has 0 bridgehead atoms. The number of fused-ring (bicyclic) bond motifs is 1. The maximum Gasteiger partial charge on any atom is 0.303 e. The molecule has 0 aliphatic rings. The summed E-state index contributed by atoms with van der Waals surface area (Å²) in [5, 5.41) is 9.79. The molecule has 0 amide bonds. The van der Waals surface area contributed by atoms with Gasteiger partial charge in [0.15, 0.2) is 0 Å². The van der Waals surface area contributed by atoms with Crippen LogP contribution in [-0.2, 0) is 4.79 Å². The number of para-hydroxylation sites is 1. The van der Waals surface area contributed by atoms with Crippen LogP contribution in [0.2, 0.25) is 0 Å². The third kappa shape index (κ3) is 4.70. The number of ether oxygens (including phenoxy) is 1. The van der Waals surface area contributed by atoms with Gasteiger partial charge >= 0.3 is 5.97 Å². The Morgan fingerprint density at radius 3 is 2.81 bits per heavy atom. The van der Waals surface area contributed by atoms with Crippen LogP contribution in [0.3, 0.4) is 0 Å². The molecule has 4 nitrogen and oxygen atoms in total. The lowest BCUT2D eigenvalue weighted by atomic mass is 10.1. The predicted molar refractivity (Wildman–Crippen MR) is 104 cm³/mol. The summed E-state index contributed by atoms with van der Waals surface area (Å²) in [4.78, 5) is 15.2. The summed E-state index contributed by atoms with van der Waals surface area (Å²) in [7, 11) is 0. The first-order valence-electron chi connectivity index (χ1n) is 8.61. The topological polar surface area (TPSA) is 59.4 Å². The summed E-state index contributed by atoms with van der Waals surface area (Å²) in [5.74, 6) is -0.0591. The van der Waals surface area contributed by atoms with Crippen molar-refractivity contribution < 1.29 is 14.6 Å². The fourth-order valence-electron chi connectivity index (χ4n) is 2.71. The van der Waals surface area contributed by atoms with Crippen LogP contribution in [0.5, 0.6) is 5.75 Å². The lowest BCUT2D eigenvalue weighted by molar-refractivity contribution is -0.137. The van der Waals surface area contributed by atoms with Crippen molar-refractivity contribution >= 4 is 28.5 Å². The maximum atomic E-state index is 10.5. The smallest absolute Gasteiger partial charge is 0.303 e. The van der Waals surface area contributed by atoms with Crippen LogP contribution in [0.4, 0.5) is 0 Å². The minimum Gasteiger partial charge on any atom is -0.494 e. The molecule has 0 atom stereocenters. The highest BCUT2D eigenvalue weighted by Crippen LogP contribution is 2.22. The number of rotatable bonds is 7. The van der Waals surface area contributed by atoms with Crippen LogP contribution < -0.4 is 4.74 Å². The van der Waals surface area contributed by atoms with Gasteiger partial charge in [-0.2, -0.15) is 0 Å². The molecule has 1 aromatic heterocycles. The van der Waals surface area contributed by atoms with Gasteiger partial charge in [0.1, 0.15) is 5.75 Å². The van der Waals surface area contributed by atoms with Crippen molar-refractivity contribution in [2.75, 3.05) is 6.61 Å². The first-order chi connectivity index (χ1) is 12.6. The molecule has 0 unspecified atom stereocenters. The van der Waals surface area contributed by atoms with Gasteiger partial charge < -0.3 is 9.84 Å². The summed E-state index contributed by atoms with van der Waals surface area (Å²) < 4.78 is 5.65. The van der Waals surface area contributed by atoms with Gasteiger partial charge in [0.2, 0.25) is 0 Å². The molecule has 132 valence electrons. The third-order valence-electron chi connectivity index (χ3n) is 4.08. The SMILES string of the molecule is CC(=Cc1ccc2ccccc2n1)c1cccc(OCCCC(=O)O)c1. The maximum absolute atomic E-state index is 10.5. The van der Waals surface area contributed by atoms with Crippen molar-refractivity contribution in [2.45, 2.75) is 19.8 Å². The zero-order valence-corrected chi connectivity index (χ0v) is 14.7. The van der Waals surface area contributed by atoms with Crippen LogP contribution in [-0.4, -0.2) is 22.7 Å². The Labute approximate surface area is 152 Å². The summed E-state index contributed by atoms with van der Waals surface area (Å²) in [6, 6.07) is 19.9. The molecule has 1 heterocycles. The van der Waals surface area contributed by atoms with E-state index in [0.29, 0.717) is 13.0 Å². The van der Waals surface area contributed by atoms with E-state index in [9.17, 15) is 4.79 Å². The Morgan fingerprint density at radius 1 is 1.12 bits per heavy atom. The standard InChI is InChI=1S/C22H21NO3/c1-16(14-19-12-11-17-6-2-3-9-21(17)23-19)18-7-4-8-20(15-18)26-13-5-10-22(24)25/h2-4,6-9,11-12,14-15H,5,10,13H2,1H3,(H,24,25). The van der Waals surface area contributed by atoms with E-state index in [1.54, 1.807) is 0 Å². The van der Waals surface area contributed by atoms with Gasteiger partial charge in [0.25, 0.3) is 0 Å².